The lowest BCUT2D eigenvalue weighted by atomic mass is 10.1. The summed E-state index contributed by atoms with van der Waals surface area (Å²) < 4.78 is 26.9. The van der Waals surface area contributed by atoms with Crippen molar-refractivity contribution < 1.29 is 8.78 Å². The van der Waals surface area contributed by atoms with Gasteiger partial charge in [0.05, 0.1) is 6.54 Å². The molecule has 15 heavy (non-hydrogen) atoms. The highest BCUT2D eigenvalue weighted by Crippen LogP contribution is 2.36. The minimum absolute atomic E-state index is 0.0335. The fourth-order valence-electron chi connectivity index (χ4n) is 1.24. The van der Waals surface area contributed by atoms with Gasteiger partial charge in [-0.05, 0) is 6.07 Å². The fraction of sp³-hybridized carbons (Fsp3) is 0.455. The van der Waals surface area contributed by atoms with Gasteiger partial charge in [-0.15, -0.1) is 11.8 Å². The maximum Gasteiger partial charge on any atom is 0.286 e. The van der Waals surface area contributed by atoms with E-state index in [4.69, 9.17) is 5.73 Å². The number of halogens is 2. The minimum atomic E-state index is -2.93. The topological polar surface area (TPSA) is 26.0 Å². The van der Waals surface area contributed by atoms with E-state index in [1.165, 1.54) is 17.8 Å². The molecular formula is C11H15F2NS. The number of hydrogen-bond donors (Lipinski definition) is 1. The summed E-state index contributed by atoms with van der Waals surface area (Å²) in [6.45, 7) is 3.30. The number of rotatable bonds is 4. The molecule has 0 bridgehead atoms. The molecular weight excluding hydrogens is 216 g/mol. The standard InChI is InChI=1S/C11H15F2NS/c1-8(2)15-10-6-4-3-5-9(10)11(12,13)7-14/h3-6,8H,7,14H2,1-2H3. The maximum absolute atomic E-state index is 13.5. The van der Waals surface area contributed by atoms with Crippen molar-refractivity contribution in [1.82, 2.24) is 0 Å². The molecule has 0 aliphatic heterocycles. The Morgan fingerprint density at radius 3 is 2.47 bits per heavy atom. The molecule has 0 heterocycles. The summed E-state index contributed by atoms with van der Waals surface area (Å²) in [5, 5.41) is 0.278. The summed E-state index contributed by atoms with van der Waals surface area (Å²) in [6, 6.07) is 6.53. The molecule has 0 unspecified atom stereocenters. The highest BCUT2D eigenvalue weighted by Gasteiger charge is 2.32. The number of hydrogen-bond acceptors (Lipinski definition) is 2. The zero-order chi connectivity index (χ0) is 11.5. The van der Waals surface area contributed by atoms with Crippen LogP contribution in [0.2, 0.25) is 0 Å². The van der Waals surface area contributed by atoms with E-state index in [1.54, 1.807) is 18.2 Å². The van der Waals surface area contributed by atoms with Crippen molar-refractivity contribution in [2.24, 2.45) is 5.73 Å². The predicted octanol–water partition coefficient (Wildman–Crippen LogP) is 3.24. The molecule has 1 aromatic rings. The van der Waals surface area contributed by atoms with Gasteiger partial charge in [0, 0.05) is 15.7 Å². The molecule has 0 aliphatic carbocycles. The molecule has 4 heteroatoms. The lowest BCUT2D eigenvalue weighted by Crippen LogP contribution is -2.25. The molecule has 0 saturated carbocycles. The molecule has 1 aromatic carbocycles. The molecule has 1 rings (SSSR count). The third kappa shape index (κ3) is 3.18. The van der Waals surface area contributed by atoms with Crippen LogP contribution in [0.3, 0.4) is 0 Å². The number of benzene rings is 1. The Hall–Kier alpha value is -0.610. The van der Waals surface area contributed by atoms with Gasteiger partial charge in [0.1, 0.15) is 0 Å². The first-order valence-electron chi connectivity index (χ1n) is 4.81. The average Bonchev–Trinajstić information content (AvgIpc) is 2.17. The molecule has 0 aliphatic rings. The van der Waals surface area contributed by atoms with Crippen LogP contribution in [0.4, 0.5) is 8.78 Å². The van der Waals surface area contributed by atoms with Gasteiger partial charge in [0.2, 0.25) is 0 Å². The summed E-state index contributed by atoms with van der Waals surface area (Å²) in [4.78, 5) is 0.614. The first-order chi connectivity index (χ1) is 6.97. The quantitative estimate of drug-likeness (QED) is 0.805. The summed E-state index contributed by atoms with van der Waals surface area (Å²) in [5.41, 5.74) is 5.11. The van der Waals surface area contributed by atoms with Crippen molar-refractivity contribution >= 4 is 11.8 Å². The average molecular weight is 231 g/mol. The number of thioether (sulfide) groups is 1. The Kier molecular flexibility index (Phi) is 4.11. The SMILES string of the molecule is CC(C)Sc1ccccc1C(F)(F)CN. The minimum Gasteiger partial charge on any atom is -0.325 e. The molecule has 0 spiro atoms. The van der Waals surface area contributed by atoms with Crippen LogP contribution in [0, 0.1) is 0 Å². The second kappa shape index (κ2) is 4.94. The summed E-state index contributed by atoms with van der Waals surface area (Å²) >= 11 is 1.43. The van der Waals surface area contributed by atoms with Crippen molar-refractivity contribution in [3.8, 4) is 0 Å². The van der Waals surface area contributed by atoms with Crippen LogP contribution in [0.25, 0.3) is 0 Å². The van der Waals surface area contributed by atoms with Crippen LogP contribution in [-0.2, 0) is 5.92 Å². The van der Waals surface area contributed by atoms with E-state index in [1.807, 2.05) is 13.8 Å². The van der Waals surface area contributed by atoms with Crippen LogP contribution in [0.5, 0.6) is 0 Å². The third-order valence-electron chi connectivity index (χ3n) is 1.90. The zero-order valence-corrected chi connectivity index (χ0v) is 9.65. The lowest BCUT2D eigenvalue weighted by molar-refractivity contribution is 0.00321. The first-order valence-corrected chi connectivity index (χ1v) is 5.69. The Balaban J connectivity index is 3.06. The summed E-state index contributed by atoms with van der Waals surface area (Å²) in [7, 11) is 0. The van der Waals surface area contributed by atoms with E-state index in [0.29, 0.717) is 4.90 Å². The van der Waals surface area contributed by atoms with Crippen LogP contribution in [0.15, 0.2) is 29.2 Å². The van der Waals surface area contributed by atoms with Gasteiger partial charge in [-0.2, -0.15) is 8.78 Å². The smallest absolute Gasteiger partial charge is 0.286 e. The summed E-state index contributed by atoms with van der Waals surface area (Å²) in [5.74, 6) is -2.93. The highest BCUT2D eigenvalue weighted by molar-refractivity contribution is 8.00. The molecule has 0 aromatic heterocycles. The van der Waals surface area contributed by atoms with Crippen LogP contribution < -0.4 is 5.73 Å². The van der Waals surface area contributed by atoms with E-state index in [2.05, 4.69) is 0 Å². The Morgan fingerprint density at radius 2 is 1.93 bits per heavy atom. The van der Waals surface area contributed by atoms with Crippen molar-refractivity contribution in [3.05, 3.63) is 29.8 Å². The van der Waals surface area contributed by atoms with Crippen molar-refractivity contribution in [3.63, 3.8) is 0 Å². The normalized spacial score (nSPS) is 12.1. The first kappa shape index (κ1) is 12.5. The Labute approximate surface area is 93.1 Å². The monoisotopic (exact) mass is 231 g/mol. The molecule has 2 N–H and O–H groups in total. The van der Waals surface area contributed by atoms with Gasteiger partial charge >= 0.3 is 0 Å². The van der Waals surface area contributed by atoms with Gasteiger partial charge in [-0.1, -0.05) is 32.0 Å². The predicted molar refractivity (Wildman–Crippen MR) is 60.4 cm³/mol. The third-order valence-corrected chi connectivity index (χ3v) is 2.98. The van der Waals surface area contributed by atoms with Crippen LogP contribution in [0.1, 0.15) is 19.4 Å². The summed E-state index contributed by atoms with van der Waals surface area (Å²) in [6.07, 6.45) is 0. The van der Waals surface area contributed by atoms with Crippen LogP contribution >= 0.6 is 11.8 Å². The molecule has 84 valence electrons. The van der Waals surface area contributed by atoms with Crippen molar-refractivity contribution in [2.75, 3.05) is 6.54 Å². The molecule has 0 fully saturated rings. The fourth-order valence-corrected chi connectivity index (χ4v) is 2.24. The van der Waals surface area contributed by atoms with E-state index < -0.39 is 12.5 Å². The molecule has 0 saturated heterocycles. The highest BCUT2D eigenvalue weighted by atomic mass is 32.2. The number of nitrogens with two attached hydrogens (primary N) is 1. The van der Waals surface area contributed by atoms with Gasteiger partial charge in [-0.25, -0.2) is 0 Å². The molecule has 0 atom stereocenters. The lowest BCUT2D eigenvalue weighted by Gasteiger charge is -2.18. The van der Waals surface area contributed by atoms with Crippen molar-refractivity contribution in [1.29, 1.82) is 0 Å². The van der Waals surface area contributed by atoms with Gasteiger partial charge in [0.15, 0.2) is 0 Å². The van der Waals surface area contributed by atoms with E-state index in [0.717, 1.165) is 0 Å². The second-order valence-corrected chi connectivity index (χ2v) is 5.19. The molecule has 0 amide bonds. The zero-order valence-electron chi connectivity index (χ0n) is 8.84. The van der Waals surface area contributed by atoms with Gasteiger partial charge in [0.25, 0.3) is 5.92 Å². The molecule has 0 radical (unpaired) electrons. The van der Waals surface area contributed by atoms with E-state index >= 15 is 0 Å². The second-order valence-electron chi connectivity index (χ2n) is 3.57. The molecule has 1 nitrogen and oxygen atoms in total. The maximum atomic E-state index is 13.5. The van der Waals surface area contributed by atoms with E-state index in [-0.39, 0.29) is 10.8 Å². The van der Waals surface area contributed by atoms with Gasteiger partial charge in [-0.3, -0.25) is 0 Å². The van der Waals surface area contributed by atoms with Crippen molar-refractivity contribution in [2.45, 2.75) is 29.9 Å². The Morgan fingerprint density at radius 1 is 1.33 bits per heavy atom. The van der Waals surface area contributed by atoms with Crippen LogP contribution in [-0.4, -0.2) is 11.8 Å². The number of alkyl halides is 2. The van der Waals surface area contributed by atoms with Gasteiger partial charge < -0.3 is 5.73 Å². The Bertz CT molecular complexity index is 326. The van der Waals surface area contributed by atoms with E-state index in [9.17, 15) is 8.78 Å². The largest absolute Gasteiger partial charge is 0.325 e.